The quantitative estimate of drug-likeness (QED) is 0.838. The predicted molar refractivity (Wildman–Crippen MR) is 95.9 cm³/mol. The van der Waals surface area contributed by atoms with Crippen molar-refractivity contribution in [3.8, 4) is 11.5 Å². The summed E-state index contributed by atoms with van der Waals surface area (Å²) in [6.07, 6.45) is 4.10. The first-order chi connectivity index (χ1) is 12.1. The Hall–Kier alpha value is -2.56. The van der Waals surface area contributed by atoms with Crippen molar-refractivity contribution in [2.75, 3.05) is 20.8 Å². The monoisotopic (exact) mass is 340 g/mol. The fourth-order valence-electron chi connectivity index (χ4n) is 3.36. The highest BCUT2D eigenvalue weighted by Gasteiger charge is 2.31. The molecule has 5 heteroatoms. The Morgan fingerprint density at radius 3 is 2.76 bits per heavy atom. The third-order valence-electron chi connectivity index (χ3n) is 4.70. The molecule has 1 fully saturated rings. The van der Waals surface area contributed by atoms with E-state index in [-0.39, 0.29) is 11.9 Å². The van der Waals surface area contributed by atoms with Crippen LogP contribution in [-0.4, -0.2) is 36.6 Å². The Morgan fingerprint density at radius 1 is 1.24 bits per heavy atom. The van der Waals surface area contributed by atoms with E-state index in [1.807, 2.05) is 42.2 Å². The molecular formula is C20H24N2O3. The Bertz CT molecular complexity index is 743. The minimum Gasteiger partial charge on any atom is -0.497 e. The molecule has 2 heterocycles. The Balaban J connectivity index is 1.80. The van der Waals surface area contributed by atoms with Gasteiger partial charge in [0.25, 0.3) is 0 Å². The van der Waals surface area contributed by atoms with Crippen molar-refractivity contribution in [2.24, 2.45) is 0 Å². The van der Waals surface area contributed by atoms with Crippen molar-refractivity contribution in [1.29, 1.82) is 0 Å². The van der Waals surface area contributed by atoms with E-state index in [1.54, 1.807) is 20.4 Å². The fourth-order valence-corrected chi connectivity index (χ4v) is 3.36. The number of hydrogen-bond donors (Lipinski definition) is 0. The molecule has 0 saturated carbocycles. The van der Waals surface area contributed by atoms with Gasteiger partial charge in [-0.25, -0.2) is 0 Å². The van der Waals surface area contributed by atoms with Crippen LogP contribution >= 0.6 is 0 Å². The number of amides is 1. The van der Waals surface area contributed by atoms with Crippen molar-refractivity contribution in [2.45, 2.75) is 32.2 Å². The van der Waals surface area contributed by atoms with Gasteiger partial charge in [0.05, 0.1) is 26.7 Å². The molecule has 0 N–H and O–H groups in total. The minimum atomic E-state index is 0.0479. The maximum Gasteiger partial charge on any atom is 0.227 e. The number of hydrogen-bond acceptors (Lipinski definition) is 4. The van der Waals surface area contributed by atoms with Crippen LogP contribution in [0.3, 0.4) is 0 Å². The average molecular weight is 340 g/mol. The molecule has 0 spiro atoms. The number of aromatic nitrogens is 1. The summed E-state index contributed by atoms with van der Waals surface area (Å²) >= 11 is 0. The second-order valence-electron chi connectivity index (χ2n) is 6.34. The number of likely N-dealkylation sites (tertiary alicyclic amines) is 1. The molecule has 132 valence electrons. The molecule has 2 aromatic rings. The highest BCUT2D eigenvalue weighted by molar-refractivity contribution is 5.79. The zero-order valence-electron chi connectivity index (χ0n) is 15.0. The summed E-state index contributed by atoms with van der Waals surface area (Å²) < 4.78 is 10.8. The number of nitrogens with zero attached hydrogens (tertiary/aromatic N) is 2. The Kier molecular flexibility index (Phi) is 5.22. The summed E-state index contributed by atoms with van der Waals surface area (Å²) in [6.45, 7) is 2.72. The first kappa shape index (κ1) is 17.3. The van der Waals surface area contributed by atoms with Crippen molar-refractivity contribution < 1.29 is 14.3 Å². The van der Waals surface area contributed by atoms with Gasteiger partial charge in [0.2, 0.25) is 5.91 Å². The Labute approximate surface area is 148 Å². The van der Waals surface area contributed by atoms with Crippen LogP contribution in [0.5, 0.6) is 11.5 Å². The van der Waals surface area contributed by atoms with Gasteiger partial charge in [-0.2, -0.15) is 0 Å². The van der Waals surface area contributed by atoms with Crippen LogP contribution in [0.1, 0.15) is 35.7 Å². The number of ether oxygens (including phenoxy) is 2. The number of methoxy groups -OCH3 is 2. The maximum atomic E-state index is 12.8. The van der Waals surface area contributed by atoms with Gasteiger partial charge in [0.15, 0.2) is 0 Å². The van der Waals surface area contributed by atoms with Gasteiger partial charge in [0, 0.05) is 30.1 Å². The van der Waals surface area contributed by atoms with E-state index in [1.165, 1.54) is 0 Å². The maximum absolute atomic E-state index is 12.8. The van der Waals surface area contributed by atoms with Gasteiger partial charge < -0.3 is 14.4 Å². The van der Waals surface area contributed by atoms with Crippen LogP contribution in [0, 0.1) is 6.92 Å². The van der Waals surface area contributed by atoms with Crippen molar-refractivity contribution >= 4 is 5.91 Å². The molecular weight excluding hydrogens is 316 g/mol. The predicted octanol–water partition coefficient (Wildman–Crippen LogP) is 3.31. The number of carbonyl (C=O) groups is 1. The van der Waals surface area contributed by atoms with Crippen LogP contribution in [0.15, 0.2) is 36.5 Å². The van der Waals surface area contributed by atoms with Crippen molar-refractivity contribution in [3.05, 3.63) is 53.3 Å². The summed E-state index contributed by atoms with van der Waals surface area (Å²) in [7, 11) is 3.28. The van der Waals surface area contributed by atoms with Crippen LogP contribution < -0.4 is 9.47 Å². The second kappa shape index (κ2) is 7.55. The SMILES string of the molecule is COc1ccc([C@@H]2CCCN2C(=O)Cc2ccc(C)nc2)c(OC)c1. The first-order valence-corrected chi connectivity index (χ1v) is 8.55. The van der Waals surface area contributed by atoms with E-state index in [0.717, 1.165) is 47.7 Å². The number of pyridine rings is 1. The molecule has 25 heavy (non-hydrogen) atoms. The van der Waals surface area contributed by atoms with E-state index in [4.69, 9.17) is 9.47 Å². The second-order valence-corrected chi connectivity index (χ2v) is 6.34. The Morgan fingerprint density at radius 2 is 2.08 bits per heavy atom. The number of benzene rings is 1. The van der Waals surface area contributed by atoms with Crippen LogP contribution in [0.25, 0.3) is 0 Å². The van der Waals surface area contributed by atoms with Gasteiger partial charge in [-0.15, -0.1) is 0 Å². The van der Waals surface area contributed by atoms with Gasteiger partial charge in [-0.05, 0) is 43.5 Å². The van der Waals surface area contributed by atoms with Crippen LogP contribution in [0.2, 0.25) is 0 Å². The van der Waals surface area contributed by atoms with Crippen LogP contribution in [0.4, 0.5) is 0 Å². The van der Waals surface area contributed by atoms with Crippen molar-refractivity contribution in [3.63, 3.8) is 0 Å². The standard InChI is InChI=1S/C20H24N2O3/c1-14-6-7-15(13-21-14)11-20(23)22-10-4-5-18(22)17-9-8-16(24-2)12-19(17)25-3/h6-9,12-13,18H,4-5,10-11H2,1-3H3/t18-/m0/s1. The molecule has 1 aliphatic rings. The zero-order chi connectivity index (χ0) is 17.8. The molecule has 1 atom stereocenters. The molecule has 0 unspecified atom stereocenters. The summed E-state index contributed by atoms with van der Waals surface area (Å²) in [6, 6.07) is 9.76. The fraction of sp³-hybridized carbons (Fsp3) is 0.400. The molecule has 1 aliphatic heterocycles. The summed E-state index contributed by atoms with van der Waals surface area (Å²) in [5.41, 5.74) is 2.94. The average Bonchev–Trinajstić information content (AvgIpc) is 3.12. The molecule has 1 aromatic heterocycles. The van der Waals surface area contributed by atoms with Gasteiger partial charge in [-0.3, -0.25) is 9.78 Å². The zero-order valence-corrected chi connectivity index (χ0v) is 15.0. The summed E-state index contributed by atoms with van der Waals surface area (Å²) in [4.78, 5) is 19.1. The highest BCUT2D eigenvalue weighted by Crippen LogP contribution is 2.38. The van der Waals surface area contributed by atoms with Crippen LogP contribution in [-0.2, 0) is 11.2 Å². The van der Waals surface area contributed by atoms with E-state index in [0.29, 0.717) is 6.42 Å². The van der Waals surface area contributed by atoms with E-state index < -0.39 is 0 Å². The summed E-state index contributed by atoms with van der Waals surface area (Å²) in [5.74, 6) is 1.65. The molecule has 0 aliphatic carbocycles. The minimum absolute atomic E-state index is 0.0479. The third-order valence-corrected chi connectivity index (χ3v) is 4.70. The number of carbonyl (C=O) groups excluding carboxylic acids is 1. The molecule has 0 bridgehead atoms. The molecule has 1 amide bonds. The van der Waals surface area contributed by atoms with Crippen molar-refractivity contribution in [1.82, 2.24) is 9.88 Å². The van der Waals surface area contributed by atoms with Gasteiger partial charge >= 0.3 is 0 Å². The van der Waals surface area contributed by atoms with Gasteiger partial charge in [-0.1, -0.05) is 6.07 Å². The molecule has 3 rings (SSSR count). The van der Waals surface area contributed by atoms with E-state index in [9.17, 15) is 4.79 Å². The first-order valence-electron chi connectivity index (χ1n) is 8.55. The lowest BCUT2D eigenvalue weighted by molar-refractivity contribution is -0.131. The van der Waals surface area contributed by atoms with E-state index in [2.05, 4.69) is 4.98 Å². The molecule has 1 aromatic carbocycles. The topological polar surface area (TPSA) is 51.7 Å². The smallest absolute Gasteiger partial charge is 0.227 e. The third kappa shape index (κ3) is 3.76. The number of aryl methyl sites for hydroxylation is 1. The lowest BCUT2D eigenvalue weighted by atomic mass is 10.0. The summed E-state index contributed by atoms with van der Waals surface area (Å²) in [5, 5.41) is 0. The normalized spacial score (nSPS) is 16.8. The lowest BCUT2D eigenvalue weighted by Crippen LogP contribution is -2.32. The number of rotatable bonds is 5. The lowest BCUT2D eigenvalue weighted by Gasteiger charge is -2.26. The largest absolute Gasteiger partial charge is 0.497 e. The van der Waals surface area contributed by atoms with E-state index >= 15 is 0 Å². The van der Waals surface area contributed by atoms with Gasteiger partial charge in [0.1, 0.15) is 11.5 Å². The highest BCUT2D eigenvalue weighted by atomic mass is 16.5. The molecule has 1 saturated heterocycles. The molecule has 5 nitrogen and oxygen atoms in total. The molecule has 0 radical (unpaired) electrons.